The lowest BCUT2D eigenvalue weighted by molar-refractivity contribution is -0.148. The average Bonchev–Trinajstić information content (AvgIpc) is 2.87. The molecule has 0 N–H and O–H groups in total. The first-order valence-corrected chi connectivity index (χ1v) is 17.2. The maximum atomic E-state index is 12.4. The number of esters is 1. The van der Waals surface area contributed by atoms with Gasteiger partial charge in [0.05, 0.1) is 12.5 Å². The van der Waals surface area contributed by atoms with E-state index in [9.17, 15) is 4.79 Å². The van der Waals surface area contributed by atoms with Gasteiger partial charge in [0.15, 0.2) is 0 Å². The Kier molecular flexibility index (Phi) is 27.2. The van der Waals surface area contributed by atoms with Gasteiger partial charge in [-0.05, 0) is 69.1 Å². The van der Waals surface area contributed by atoms with Crippen LogP contribution < -0.4 is 0 Å². The van der Waals surface area contributed by atoms with Gasteiger partial charge in [0.1, 0.15) is 0 Å². The molecule has 0 aliphatic carbocycles. The maximum absolute atomic E-state index is 12.4. The molecule has 0 bridgehead atoms. The zero-order valence-corrected chi connectivity index (χ0v) is 27.0. The molecular weight excluding hydrogens is 464 g/mol. The summed E-state index contributed by atoms with van der Waals surface area (Å²) in [6.45, 7) is 14.4. The number of unbranched alkanes of at least 4 members (excludes halogenated alkanes) is 15. The Hall–Kier alpha value is -0.790. The summed E-state index contributed by atoms with van der Waals surface area (Å²) >= 11 is 0. The number of carbonyl (C=O) groups is 1. The van der Waals surface area contributed by atoms with Crippen molar-refractivity contribution in [3.05, 3.63) is 12.2 Å². The molecule has 0 radical (unpaired) electrons. The minimum atomic E-state index is 0.0145. The molecule has 38 heavy (non-hydrogen) atoms. The van der Waals surface area contributed by atoms with E-state index in [-0.39, 0.29) is 11.9 Å². The molecule has 2 heteroatoms. The first kappa shape index (κ1) is 37.2. The highest BCUT2D eigenvalue weighted by Crippen LogP contribution is 2.27. The van der Waals surface area contributed by atoms with Gasteiger partial charge in [-0.2, -0.15) is 0 Å². The molecule has 0 aromatic carbocycles. The molecule has 0 aliphatic rings. The van der Waals surface area contributed by atoms with E-state index < -0.39 is 0 Å². The second-order valence-corrected chi connectivity index (χ2v) is 12.9. The third-order valence-electron chi connectivity index (χ3n) is 8.22. The second kappa shape index (κ2) is 27.8. The van der Waals surface area contributed by atoms with Crippen molar-refractivity contribution >= 4 is 5.97 Å². The van der Waals surface area contributed by atoms with Gasteiger partial charge in [-0.25, -0.2) is 0 Å². The number of carbonyl (C=O) groups excluding carboxylic acids is 1. The molecule has 0 spiro atoms. The zero-order chi connectivity index (χ0) is 28.3. The molecule has 0 rings (SSSR count). The van der Waals surface area contributed by atoms with Crippen LogP contribution in [0, 0.1) is 23.7 Å². The second-order valence-electron chi connectivity index (χ2n) is 12.9. The molecule has 0 saturated carbocycles. The number of ether oxygens (including phenoxy) is 1. The van der Waals surface area contributed by atoms with E-state index in [4.69, 9.17) is 4.74 Å². The summed E-state index contributed by atoms with van der Waals surface area (Å²) in [6, 6.07) is 0. The molecule has 0 aromatic heterocycles. The van der Waals surface area contributed by atoms with Gasteiger partial charge < -0.3 is 4.74 Å². The first-order chi connectivity index (χ1) is 18.4. The van der Waals surface area contributed by atoms with Crippen molar-refractivity contribution in [3.63, 3.8) is 0 Å². The van der Waals surface area contributed by atoms with Crippen LogP contribution in [0.5, 0.6) is 0 Å². The van der Waals surface area contributed by atoms with Gasteiger partial charge in [0, 0.05) is 0 Å². The molecule has 0 heterocycles. The number of hydrogen-bond acceptors (Lipinski definition) is 2. The molecule has 0 amide bonds. The fourth-order valence-corrected chi connectivity index (χ4v) is 5.97. The Morgan fingerprint density at radius 3 is 1.61 bits per heavy atom. The Morgan fingerprint density at radius 1 is 0.553 bits per heavy atom. The van der Waals surface area contributed by atoms with Crippen LogP contribution in [0.15, 0.2) is 12.2 Å². The molecule has 4 atom stereocenters. The molecule has 226 valence electrons. The van der Waals surface area contributed by atoms with Crippen LogP contribution >= 0.6 is 0 Å². The summed E-state index contributed by atoms with van der Waals surface area (Å²) in [7, 11) is 0. The number of allylic oxidation sites excluding steroid dienone is 2. The van der Waals surface area contributed by atoms with E-state index in [1.807, 2.05) is 0 Å². The third kappa shape index (κ3) is 25.5. The molecule has 0 saturated heterocycles. The van der Waals surface area contributed by atoms with E-state index in [1.54, 1.807) is 0 Å². The van der Waals surface area contributed by atoms with Gasteiger partial charge in [-0.15, -0.1) is 0 Å². The highest BCUT2D eigenvalue weighted by atomic mass is 16.5. The third-order valence-corrected chi connectivity index (χ3v) is 8.22. The van der Waals surface area contributed by atoms with Crippen molar-refractivity contribution in [1.82, 2.24) is 0 Å². The van der Waals surface area contributed by atoms with E-state index in [1.165, 1.54) is 128 Å². The Labute approximate surface area is 240 Å². The van der Waals surface area contributed by atoms with Crippen LogP contribution in [0.3, 0.4) is 0 Å². The van der Waals surface area contributed by atoms with Crippen molar-refractivity contribution in [3.8, 4) is 0 Å². The summed E-state index contributed by atoms with van der Waals surface area (Å²) in [5.74, 6) is 2.19. The van der Waals surface area contributed by atoms with Crippen molar-refractivity contribution in [2.45, 2.75) is 183 Å². The standard InChI is InChI=1S/C36H70O2/c1-7-9-11-13-15-16-17-18-19-20-21-22-23-25-27-32(3)29-33(4)30-34(5)31-35(6)36(37)38-28-26-24-14-12-10-8-2/h16-17,32-35H,7-15,18-31H2,1-6H3. The highest BCUT2D eigenvalue weighted by molar-refractivity contribution is 5.71. The summed E-state index contributed by atoms with van der Waals surface area (Å²) in [4.78, 5) is 12.4. The summed E-state index contributed by atoms with van der Waals surface area (Å²) < 4.78 is 5.56. The SMILES string of the molecule is CCCCCCC=CCCCCCCCCC(C)CC(C)CC(C)CC(C)C(=O)OCCCCCCCC. The van der Waals surface area contributed by atoms with Gasteiger partial charge in [0.25, 0.3) is 0 Å². The van der Waals surface area contributed by atoms with Gasteiger partial charge in [-0.3, -0.25) is 4.79 Å². The molecule has 0 fully saturated rings. The normalized spacial score (nSPS) is 15.0. The van der Waals surface area contributed by atoms with Crippen LogP contribution in [0.2, 0.25) is 0 Å². The van der Waals surface area contributed by atoms with Gasteiger partial charge in [-0.1, -0.05) is 144 Å². The van der Waals surface area contributed by atoms with Crippen LogP contribution in [0.4, 0.5) is 0 Å². The predicted octanol–water partition coefficient (Wildman–Crippen LogP) is 12.3. The lowest BCUT2D eigenvalue weighted by Crippen LogP contribution is -2.19. The largest absolute Gasteiger partial charge is 0.465 e. The Balaban J connectivity index is 3.69. The lowest BCUT2D eigenvalue weighted by atomic mass is 9.84. The van der Waals surface area contributed by atoms with E-state index in [0.29, 0.717) is 12.5 Å². The van der Waals surface area contributed by atoms with E-state index in [2.05, 4.69) is 53.7 Å². The van der Waals surface area contributed by atoms with Crippen molar-refractivity contribution in [2.75, 3.05) is 6.61 Å². The van der Waals surface area contributed by atoms with Crippen LogP contribution in [0.25, 0.3) is 0 Å². The maximum Gasteiger partial charge on any atom is 0.308 e. The van der Waals surface area contributed by atoms with Crippen molar-refractivity contribution in [1.29, 1.82) is 0 Å². The number of rotatable bonds is 28. The first-order valence-electron chi connectivity index (χ1n) is 17.2. The average molecular weight is 535 g/mol. The van der Waals surface area contributed by atoms with Crippen LogP contribution in [-0.2, 0) is 9.53 Å². The van der Waals surface area contributed by atoms with Crippen molar-refractivity contribution in [2.24, 2.45) is 23.7 Å². The lowest BCUT2D eigenvalue weighted by Gasteiger charge is -2.22. The topological polar surface area (TPSA) is 26.3 Å². The minimum absolute atomic E-state index is 0.0145. The molecule has 4 unspecified atom stereocenters. The van der Waals surface area contributed by atoms with Crippen LogP contribution in [-0.4, -0.2) is 12.6 Å². The Morgan fingerprint density at radius 2 is 1.00 bits per heavy atom. The summed E-state index contributed by atoms with van der Waals surface area (Å²) in [5, 5.41) is 0. The smallest absolute Gasteiger partial charge is 0.308 e. The van der Waals surface area contributed by atoms with Gasteiger partial charge in [0.2, 0.25) is 0 Å². The fraction of sp³-hybridized carbons (Fsp3) is 0.917. The summed E-state index contributed by atoms with van der Waals surface area (Å²) in [6.07, 6.45) is 33.5. The highest BCUT2D eigenvalue weighted by Gasteiger charge is 2.20. The fourth-order valence-electron chi connectivity index (χ4n) is 5.97. The molecule has 0 aromatic rings. The molecular formula is C36H70O2. The van der Waals surface area contributed by atoms with Crippen LogP contribution in [0.1, 0.15) is 183 Å². The Bertz CT molecular complexity index is 525. The van der Waals surface area contributed by atoms with Gasteiger partial charge >= 0.3 is 5.97 Å². The zero-order valence-electron chi connectivity index (χ0n) is 27.0. The summed E-state index contributed by atoms with van der Waals surface area (Å²) in [5.41, 5.74) is 0. The monoisotopic (exact) mass is 535 g/mol. The quantitative estimate of drug-likeness (QED) is 0.0566. The number of hydrogen-bond donors (Lipinski definition) is 0. The van der Waals surface area contributed by atoms with Crippen molar-refractivity contribution < 1.29 is 9.53 Å². The molecule has 0 aliphatic heterocycles. The minimum Gasteiger partial charge on any atom is -0.465 e. The van der Waals surface area contributed by atoms with E-state index >= 15 is 0 Å². The molecule has 2 nitrogen and oxygen atoms in total. The van der Waals surface area contributed by atoms with E-state index in [0.717, 1.165) is 24.7 Å². The predicted molar refractivity (Wildman–Crippen MR) is 170 cm³/mol.